The van der Waals surface area contributed by atoms with E-state index in [9.17, 15) is 4.79 Å². The van der Waals surface area contributed by atoms with E-state index in [-0.39, 0.29) is 5.97 Å². The first-order valence-electron chi connectivity index (χ1n) is 12.4. The van der Waals surface area contributed by atoms with Crippen LogP contribution < -0.4 is 4.74 Å². The largest absolute Gasteiger partial charge is 0.492 e. The fourth-order valence-corrected chi connectivity index (χ4v) is 3.87. The summed E-state index contributed by atoms with van der Waals surface area (Å²) in [6.45, 7) is 7.99. The highest BCUT2D eigenvalue weighted by molar-refractivity contribution is 5.80. The topological polar surface area (TPSA) is 95.6 Å². The maximum atomic E-state index is 12.8. The molecule has 1 saturated heterocycles. The second-order valence-electron chi connectivity index (χ2n) is 9.78. The van der Waals surface area contributed by atoms with Gasteiger partial charge in [-0.25, -0.2) is 4.79 Å². The van der Waals surface area contributed by atoms with E-state index in [0.29, 0.717) is 39.3 Å². The third-order valence-corrected chi connectivity index (χ3v) is 5.77. The van der Waals surface area contributed by atoms with Gasteiger partial charge in [0.05, 0.1) is 24.2 Å². The molecule has 1 fully saturated rings. The Hall–Kier alpha value is -2.45. The van der Waals surface area contributed by atoms with Crippen molar-refractivity contribution >= 4 is 5.97 Å². The van der Waals surface area contributed by atoms with E-state index in [1.165, 1.54) is 0 Å². The Morgan fingerprint density at radius 3 is 2.35 bits per heavy atom. The number of nitrogens with one attached hydrogen (secondary N) is 1. The number of unbranched alkanes of at least 4 members (excludes halogenated alkanes) is 5. The van der Waals surface area contributed by atoms with Crippen LogP contribution in [0.3, 0.4) is 0 Å². The number of H-pyrrole nitrogens is 1. The Labute approximate surface area is 202 Å². The molecule has 2 aromatic heterocycles. The predicted octanol–water partition coefficient (Wildman–Crippen LogP) is 5.10. The second-order valence-corrected chi connectivity index (χ2v) is 9.78. The van der Waals surface area contributed by atoms with Crippen molar-refractivity contribution in [1.82, 2.24) is 15.2 Å². The third kappa shape index (κ3) is 8.40. The van der Waals surface area contributed by atoms with Gasteiger partial charge in [-0.2, -0.15) is 5.10 Å². The molecule has 34 heavy (non-hydrogen) atoms. The molecule has 8 heteroatoms. The SMILES string of the molecule is CC(C)(C)OC(=O)C1(OCCCCCCCCOc2ccc(-c3ccn[nH]3)nc2)CCOCC1. The minimum Gasteiger partial charge on any atom is -0.492 e. The summed E-state index contributed by atoms with van der Waals surface area (Å²) in [5, 5.41) is 6.84. The Morgan fingerprint density at radius 1 is 1.03 bits per heavy atom. The quantitative estimate of drug-likeness (QED) is 0.319. The summed E-state index contributed by atoms with van der Waals surface area (Å²) in [5.74, 6) is 0.530. The number of aromatic nitrogens is 3. The summed E-state index contributed by atoms with van der Waals surface area (Å²) in [5.41, 5.74) is 0.372. The van der Waals surface area contributed by atoms with Crippen molar-refractivity contribution in [2.24, 2.45) is 0 Å². The first-order valence-corrected chi connectivity index (χ1v) is 12.4. The molecule has 0 unspecified atom stereocenters. The van der Waals surface area contributed by atoms with Crippen LogP contribution in [0.5, 0.6) is 5.75 Å². The van der Waals surface area contributed by atoms with Crippen LogP contribution in [-0.4, -0.2) is 58.8 Å². The van der Waals surface area contributed by atoms with Crippen molar-refractivity contribution in [2.45, 2.75) is 83.3 Å². The number of carbonyl (C=O) groups excluding carboxylic acids is 1. The maximum absolute atomic E-state index is 12.8. The molecule has 3 heterocycles. The lowest BCUT2D eigenvalue weighted by molar-refractivity contribution is -0.195. The van der Waals surface area contributed by atoms with Gasteiger partial charge < -0.3 is 18.9 Å². The second kappa shape index (κ2) is 12.9. The molecule has 1 aliphatic heterocycles. The number of esters is 1. The fraction of sp³-hybridized carbons (Fsp3) is 0.654. The van der Waals surface area contributed by atoms with Crippen LogP contribution >= 0.6 is 0 Å². The Morgan fingerprint density at radius 2 is 1.74 bits per heavy atom. The molecule has 3 rings (SSSR count). The maximum Gasteiger partial charge on any atom is 0.339 e. The Balaban J connectivity index is 1.24. The Kier molecular flexibility index (Phi) is 9.89. The number of carbonyl (C=O) groups is 1. The van der Waals surface area contributed by atoms with Gasteiger partial charge in [-0.05, 0) is 51.8 Å². The van der Waals surface area contributed by atoms with Crippen LogP contribution in [0.15, 0.2) is 30.6 Å². The van der Waals surface area contributed by atoms with Gasteiger partial charge in [0, 0.05) is 38.9 Å². The van der Waals surface area contributed by atoms with Crippen molar-refractivity contribution in [3.63, 3.8) is 0 Å². The molecule has 1 N–H and O–H groups in total. The van der Waals surface area contributed by atoms with Crippen molar-refractivity contribution in [3.05, 3.63) is 30.6 Å². The zero-order valence-corrected chi connectivity index (χ0v) is 20.8. The molecular formula is C26H39N3O5. The molecular weight excluding hydrogens is 434 g/mol. The van der Waals surface area contributed by atoms with E-state index in [0.717, 1.165) is 55.7 Å². The van der Waals surface area contributed by atoms with Crippen LogP contribution in [0.25, 0.3) is 11.4 Å². The first kappa shape index (κ1) is 26.2. The van der Waals surface area contributed by atoms with Gasteiger partial charge in [0.1, 0.15) is 11.4 Å². The Bertz CT molecular complexity index is 840. The van der Waals surface area contributed by atoms with Crippen LogP contribution in [0.1, 0.15) is 72.1 Å². The summed E-state index contributed by atoms with van der Waals surface area (Å²) in [6.07, 6.45) is 11.0. The van der Waals surface area contributed by atoms with Gasteiger partial charge in [0.25, 0.3) is 0 Å². The van der Waals surface area contributed by atoms with Gasteiger partial charge in [0.15, 0.2) is 5.60 Å². The molecule has 0 aliphatic carbocycles. The van der Waals surface area contributed by atoms with Crippen molar-refractivity contribution < 1.29 is 23.7 Å². The first-order chi connectivity index (χ1) is 16.4. The molecule has 0 aromatic carbocycles. The van der Waals surface area contributed by atoms with E-state index in [4.69, 9.17) is 18.9 Å². The number of hydrogen-bond donors (Lipinski definition) is 1. The lowest BCUT2D eigenvalue weighted by atomic mass is 9.93. The fourth-order valence-electron chi connectivity index (χ4n) is 3.87. The van der Waals surface area contributed by atoms with E-state index < -0.39 is 11.2 Å². The molecule has 0 radical (unpaired) electrons. The normalized spacial score (nSPS) is 15.7. The lowest BCUT2D eigenvalue weighted by Crippen LogP contribution is -2.49. The van der Waals surface area contributed by atoms with Crippen LogP contribution in [0.4, 0.5) is 0 Å². The predicted molar refractivity (Wildman–Crippen MR) is 130 cm³/mol. The minimum absolute atomic E-state index is 0.255. The van der Waals surface area contributed by atoms with E-state index in [2.05, 4.69) is 15.2 Å². The van der Waals surface area contributed by atoms with Crippen LogP contribution in [0, 0.1) is 0 Å². The van der Waals surface area contributed by atoms with Crippen LogP contribution in [0.2, 0.25) is 0 Å². The van der Waals surface area contributed by atoms with Crippen molar-refractivity contribution in [2.75, 3.05) is 26.4 Å². The molecule has 0 amide bonds. The van der Waals surface area contributed by atoms with Gasteiger partial charge in [-0.3, -0.25) is 10.1 Å². The lowest BCUT2D eigenvalue weighted by Gasteiger charge is -2.37. The number of rotatable bonds is 13. The van der Waals surface area contributed by atoms with Gasteiger partial charge in [-0.1, -0.05) is 25.7 Å². The number of aromatic amines is 1. The molecule has 0 spiro atoms. The average Bonchev–Trinajstić information content (AvgIpc) is 3.35. The zero-order chi connectivity index (χ0) is 24.3. The van der Waals surface area contributed by atoms with Gasteiger partial charge in [0.2, 0.25) is 0 Å². The van der Waals surface area contributed by atoms with Crippen molar-refractivity contribution in [1.29, 1.82) is 0 Å². The standard InChI is InChI=1S/C26H39N3O5/c1-25(2,3)34-24(30)26(13-18-31-19-14-26)33-17-9-7-5-4-6-8-16-32-21-10-11-22(27-20-21)23-12-15-28-29-23/h10-12,15,20H,4-9,13-14,16-19H2,1-3H3,(H,28,29). The minimum atomic E-state index is -0.853. The van der Waals surface area contributed by atoms with E-state index in [1.807, 2.05) is 39.0 Å². The smallest absolute Gasteiger partial charge is 0.339 e. The third-order valence-electron chi connectivity index (χ3n) is 5.77. The van der Waals surface area contributed by atoms with Gasteiger partial charge >= 0.3 is 5.97 Å². The summed E-state index contributed by atoms with van der Waals surface area (Å²) in [4.78, 5) is 17.2. The van der Waals surface area contributed by atoms with Crippen molar-refractivity contribution in [3.8, 4) is 17.1 Å². The molecule has 188 valence electrons. The van der Waals surface area contributed by atoms with Crippen LogP contribution in [-0.2, 0) is 19.0 Å². The number of ether oxygens (including phenoxy) is 4. The number of pyridine rings is 1. The monoisotopic (exact) mass is 473 g/mol. The van der Waals surface area contributed by atoms with E-state index in [1.54, 1.807) is 12.4 Å². The molecule has 0 saturated carbocycles. The average molecular weight is 474 g/mol. The summed E-state index contributed by atoms with van der Waals surface area (Å²) < 4.78 is 23.0. The molecule has 2 aromatic rings. The molecule has 8 nitrogen and oxygen atoms in total. The number of hydrogen-bond acceptors (Lipinski definition) is 7. The zero-order valence-electron chi connectivity index (χ0n) is 20.8. The van der Waals surface area contributed by atoms with Gasteiger partial charge in [-0.15, -0.1) is 0 Å². The summed E-state index contributed by atoms with van der Waals surface area (Å²) in [6, 6.07) is 5.75. The summed E-state index contributed by atoms with van der Waals surface area (Å²) >= 11 is 0. The molecule has 0 bridgehead atoms. The highest BCUT2D eigenvalue weighted by Gasteiger charge is 2.44. The summed E-state index contributed by atoms with van der Waals surface area (Å²) in [7, 11) is 0. The number of nitrogens with zero attached hydrogens (tertiary/aromatic N) is 2. The molecule has 1 aliphatic rings. The van der Waals surface area contributed by atoms with E-state index >= 15 is 0 Å². The highest BCUT2D eigenvalue weighted by atomic mass is 16.6. The molecule has 0 atom stereocenters. The highest BCUT2D eigenvalue weighted by Crippen LogP contribution is 2.29.